The summed E-state index contributed by atoms with van der Waals surface area (Å²) >= 11 is 0. The van der Waals surface area contributed by atoms with E-state index in [2.05, 4.69) is 44.9 Å². The summed E-state index contributed by atoms with van der Waals surface area (Å²) in [5, 5.41) is 0. The molecule has 0 heterocycles. The molecule has 0 aromatic rings. The van der Waals surface area contributed by atoms with Crippen LogP contribution in [0, 0.1) is 11.8 Å². The third kappa shape index (κ3) is 3.55. The normalized spacial score (nSPS) is 28.4. The first-order chi connectivity index (χ1) is 9.58. The van der Waals surface area contributed by atoms with Crippen LogP contribution in [-0.4, -0.2) is 29.6 Å². The predicted molar refractivity (Wildman–Crippen MR) is 88.5 cm³/mol. The molecule has 1 aliphatic rings. The summed E-state index contributed by atoms with van der Waals surface area (Å²) in [4.78, 5) is 2.60. The maximum absolute atomic E-state index is 6.05. The van der Waals surface area contributed by atoms with Crippen LogP contribution in [0.15, 0.2) is 0 Å². The zero-order valence-electron chi connectivity index (χ0n) is 14.4. The first-order valence-electron chi connectivity index (χ1n) is 8.80. The Morgan fingerprint density at radius 2 is 1.75 bits per heavy atom. The van der Waals surface area contributed by atoms with Gasteiger partial charge < -0.3 is 0 Å². The van der Waals surface area contributed by atoms with Gasteiger partial charge >= 0.3 is 0 Å². The van der Waals surface area contributed by atoms with Crippen LogP contribution >= 0.6 is 0 Å². The minimum Gasteiger partial charge on any atom is -0.297 e. The number of nitrogens with two attached hydrogens (primary N) is 1. The van der Waals surface area contributed by atoms with Crippen LogP contribution in [0.1, 0.15) is 73.1 Å². The lowest BCUT2D eigenvalue weighted by Gasteiger charge is -2.50. The van der Waals surface area contributed by atoms with Crippen molar-refractivity contribution in [1.29, 1.82) is 0 Å². The largest absolute Gasteiger partial charge is 0.297 e. The van der Waals surface area contributed by atoms with E-state index in [1.807, 2.05) is 0 Å². The Hall–Kier alpha value is -0.120. The van der Waals surface area contributed by atoms with Gasteiger partial charge in [0.1, 0.15) is 0 Å². The SMILES string of the molecule is CCC1CCCCC1C(NN)C(C)(CC)N(CC)CC. The lowest BCUT2D eigenvalue weighted by molar-refractivity contribution is 0.0184. The highest BCUT2D eigenvalue weighted by Gasteiger charge is 2.43. The van der Waals surface area contributed by atoms with Gasteiger partial charge in [0.15, 0.2) is 0 Å². The third-order valence-corrected chi connectivity index (χ3v) is 5.97. The number of rotatable bonds is 8. The Kier molecular flexibility index (Phi) is 7.49. The van der Waals surface area contributed by atoms with Crippen LogP contribution in [0.2, 0.25) is 0 Å². The molecule has 120 valence electrons. The number of nitrogens with zero attached hydrogens (tertiary/aromatic N) is 1. The summed E-state index contributed by atoms with van der Waals surface area (Å²) in [5.74, 6) is 7.62. The number of nitrogens with one attached hydrogen (secondary N) is 1. The number of likely N-dealkylation sites (N-methyl/N-ethyl adjacent to an activating group) is 1. The zero-order valence-corrected chi connectivity index (χ0v) is 14.4. The average Bonchev–Trinajstić information content (AvgIpc) is 2.49. The summed E-state index contributed by atoms with van der Waals surface area (Å²) in [5.41, 5.74) is 3.40. The van der Waals surface area contributed by atoms with Crippen molar-refractivity contribution in [2.24, 2.45) is 17.7 Å². The van der Waals surface area contributed by atoms with Crippen LogP contribution in [0.25, 0.3) is 0 Å². The molecule has 4 atom stereocenters. The van der Waals surface area contributed by atoms with E-state index in [0.29, 0.717) is 6.04 Å². The molecule has 0 aromatic carbocycles. The minimum atomic E-state index is 0.160. The molecule has 3 N–H and O–H groups in total. The van der Waals surface area contributed by atoms with Crippen LogP contribution in [0.5, 0.6) is 0 Å². The van der Waals surface area contributed by atoms with Crippen molar-refractivity contribution in [3.63, 3.8) is 0 Å². The second kappa shape index (κ2) is 8.35. The molecular weight excluding hydrogens is 246 g/mol. The van der Waals surface area contributed by atoms with Gasteiger partial charge in [-0.05, 0) is 44.7 Å². The number of hydrogen-bond acceptors (Lipinski definition) is 3. The van der Waals surface area contributed by atoms with E-state index in [9.17, 15) is 0 Å². The van der Waals surface area contributed by atoms with E-state index in [1.165, 1.54) is 32.1 Å². The molecule has 3 heteroatoms. The molecule has 0 amide bonds. The Morgan fingerprint density at radius 1 is 1.15 bits per heavy atom. The summed E-state index contributed by atoms with van der Waals surface area (Å²) < 4.78 is 0. The second-order valence-electron chi connectivity index (χ2n) is 6.64. The van der Waals surface area contributed by atoms with E-state index in [0.717, 1.165) is 31.3 Å². The lowest BCUT2D eigenvalue weighted by Crippen LogP contribution is -2.64. The van der Waals surface area contributed by atoms with Crippen LogP contribution in [-0.2, 0) is 0 Å². The topological polar surface area (TPSA) is 41.3 Å². The summed E-state index contributed by atoms with van der Waals surface area (Å²) in [7, 11) is 0. The fourth-order valence-electron chi connectivity index (χ4n) is 4.53. The molecule has 1 saturated carbocycles. The Balaban J connectivity index is 3.00. The van der Waals surface area contributed by atoms with Gasteiger partial charge in [0.05, 0.1) is 0 Å². The Bertz CT molecular complexity index is 265. The van der Waals surface area contributed by atoms with Gasteiger partial charge in [-0.25, -0.2) is 0 Å². The van der Waals surface area contributed by atoms with Gasteiger partial charge in [0, 0.05) is 11.6 Å². The molecule has 0 aromatic heterocycles. The van der Waals surface area contributed by atoms with Crippen molar-refractivity contribution in [2.75, 3.05) is 13.1 Å². The van der Waals surface area contributed by atoms with Gasteiger partial charge in [-0.3, -0.25) is 16.2 Å². The fourth-order valence-corrected chi connectivity index (χ4v) is 4.53. The monoisotopic (exact) mass is 283 g/mol. The van der Waals surface area contributed by atoms with E-state index in [1.54, 1.807) is 0 Å². The Morgan fingerprint density at radius 3 is 2.20 bits per heavy atom. The van der Waals surface area contributed by atoms with Crippen molar-refractivity contribution in [3.05, 3.63) is 0 Å². The van der Waals surface area contributed by atoms with Gasteiger partial charge in [0.2, 0.25) is 0 Å². The van der Waals surface area contributed by atoms with E-state index < -0.39 is 0 Å². The van der Waals surface area contributed by atoms with Crippen LogP contribution in [0.4, 0.5) is 0 Å². The number of hydrogen-bond donors (Lipinski definition) is 2. The van der Waals surface area contributed by atoms with Crippen LogP contribution in [0.3, 0.4) is 0 Å². The van der Waals surface area contributed by atoms with Gasteiger partial charge in [-0.1, -0.05) is 53.4 Å². The highest BCUT2D eigenvalue weighted by molar-refractivity contribution is 5.00. The lowest BCUT2D eigenvalue weighted by atomic mass is 9.68. The third-order valence-electron chi connectivity index (χ3n) is 5.97. The first-order valence-corrected chi connectivity index (χ1v) is 8.80. The van der Waals surface area contributed by atoms with Crippen molar-refractivity contribution in [1.82, 2.24) is 10.3 Å². The molecule has 0 spiro atoms. The van der Waals surface area contributed by atoms with Crippen molar-refractivity contribution in [2.45, 2.75) is 84.7 Å². The molecule has 1 aliphatic carbocycles. The maximum atomic E-state index is 6.05. The predicted octanol–water partition coefficient (Wildman–Crippen LogP) is 3.55. The smallest absolute Gasteiger partial charge is 0.0422 e. The molecule has 0 radical (unpaired) electrons. The molecule has 1 fully saturated rings. The molecule has 0 saturated heterocycles. The number of hydrazine groups is 1. The Labute approximate surface area is 126 Å². The molecule has 0 bridgehead atoms. The van der Waals surface area contributed by atoms with Crippen molar-refractivity contribution in [3.8, 4) is 0 Å². The minimum absolute atomic E-state index is 0.160. The van der Waals surface area contributed by atoms with E-state index in [4.69, 9.17) is 5.84 Å². The fraction of sp³-hybridized carbons (Fsp3) is 1.00. The zero-order chi connectivity index (χ0) is 15.2. The molecule has 20 heavy (non-hydrogen) atoms. The summed E-state index contributed by atoms with van der Waals surface area (Å²) in [6.07, 6.45) is 7.94. The van der Waals surface area contributed by atoms with Crippen molar-refractivity contribution >= 4 is 0 Å². The van der Waals surface area contributed by atoms with E-state index >= 15 is 0 Å². The first kappa shape index (κ1) is 17.9. The standard InChI is InChI=1S/C17H37N3/c1-6-14-12-10-11-13-15(14)16(19-18)17(5,7-2)20(8-3)9-4/h14-16,19H,6-13,18H2,1-5H3. The van der Waals surface area contributed by atoms with E-state index in [-0.39, 0.29) is 5.54 Å². The molecule has 3 nitrogen and oxygen atoms in total. The van der Waals surface area contributed by atoms with Gasteiger partial charge in [0.25, 0.3) is 0 Å². The second-order valence-corrected chi connectivity index (χ2v) is 6.64. The summed E-state index contributed by atoms with van der Waals surface area (Å²) in [6, 6.07) is 0.401. The van der Waals surface area contributed by atoms with Crippen LogP contribution < -0.4 is 11.3 Å². The highest BCUT2D eigenvalue weighted by Crippen LogP contribution is 2.39. The highest BCUT2D eigenvalue weighted by atomic mass is 15.3. The maximum Gasteiger partial charge on any atom is 0.0422 e. The average molecular weight is 284 g/mol. The van der Waals surface area contributed by atoms with Gasteiger partial charge in [-0.2, -0.15) is 0 Å². The summed E-state index contributed by atoms with van der Waals surface area (Å²) in [6.45, 7) is 13.8. The van der Waals surface area contributed by atoms with Gasteiger partial charge in [-0.15, -0.1) is 0 Å². The van der Waals surface area contributed by atoms with Crippen molar-refractivity contribution < 1.29 is 0 Å². The molecule has 1 rings (SSSR count). The quantitative estimate of drug-likeness (QED) is 0.529. The molecule has 0 aliphatic heterocycles. The molecule has 4 unspecified atom stereocenters. The molecular formula is C17H37N3.